The predicted molar refractivity (Wildman–Crippen MR) is 71.8 cm³/mol. The van der Waals surface area contributed by atoms with Crippen molar-refractivity contribution in [3.8, 4) is 11.5 Å². The Balaban J connectivity index is 2.25. The lowest BCUT2D eigenvalue weighted by Gasteiger charge is -2.09. The first-order valence-corrected chi connectivity index (χ1v) is 7.51. The number of sulfone groups is 1. The molecular formula is C13H14N2O3S. The van der Waals surface area contributed by atoms with Crippen LogP contribution in [0.2, 0.25) is 0 Å². The molecule has 0 saturated carbocycles. The number of hydrogen-bond donors (Lipinski definition) is 1. The molecule has 0 bridgehead atoms. The number of nitrogens with two attached hydrogens (primary N) is 1. The van der Waals surface area contributed by atoms with Crippen molar-refractivity contribution >= 4 is 9.84 Å². The minimum Gasteiger partial charge on any atom is -0.457 e. The van der Waals surface area contributed by atoms with Gasteiger partial charge in [-0.15, -0.1) is 0 Å². The first-order valence-electron chi connectivity index (χ1n) is 5.61. The molecule has 6 heteroatoms. The van der Waals surface area contributed by atoms with Crippen LogP contribution in [0.15, 0.2) is 47.6 Å². The average Bonchev–Trinajstić information content (AvgIpc) is 2.39. The van der Waals surface area contributed by atoms with E-state index in [0.717, 1.165) is 11.8 Å². The van der Waals surface area contributed by atoms with Crippen molar-refractivity contribution in [2.24, 2.45) is 5.73 Å². The fourth-order valence-corrected chi connectivity index (χ4v) is 2.18. The molecule has 2 N–H and O–H groups in total. The van der Waals surface area contributed by atoms with Gasteiger partial charge in [0.15, 0.2) is 9.84 Å². The van der Waals surface area contributed by atoms with Crippen LogP contribution in [0.25, 0.3) is 0 Å². The molecule has 19 heavy (non-hydrogen) atoms. The molecule has 0 amide bonds. The summed E-state index contributed by atoms with van der Waals surface area (Å²) in [6, 6.07) is 7.95. The van der Waals surface area contributed by atoms with Gasteiger partial charge >= 0.3 is 0 Å². The van der Waals surface area contributed by atoms with Gasteiger partial charge < -0.3 is 10.5 Å². The van der Waals surface area contributed by atoms with Crippen LogP contribution in [0, 0.1) is 0 Å². The molecule has 2 aromatic rings. The Labute approximate surface area is 112 Å². The third-order valence-electron chi connectivity index (χ3n) is 2.56. The first kappa shape index (κ1) is 13.5. The second-order valence-electron chi connectivity index (χ2n) is 4.03. The highest BCUT2D eigenvalue weighted by molar-refractivity contribution is 7.90. The van der Waals surface area contributed by atoms with E-state index in [2.05, 4.69) is 4.98 Å². The minimum atomic E-state index is -3.19. The Morgan fingerprint density at radius 1 is 1.21 bits per heavy atom. The van der Waals surface area contributed by atoms with Gasteiger partial charge in [0.05, 0.1) is 4.90 Å². The molecule has 2 rings (SSSR count). The van der Waals surface area contributed by atoms with Gasteiger partial charge in [0, 0.05) is 30.8 Å². The summed E-state index contributed by atoms with van der Waals surface area (Å²) in [5, 5.41) is 0. The highest BCUT2D eigenvalue weighted by Gasteiger charge is 2.08. The molecule has 0 aliphatic carbocycles. The van der Waals surface area contributed by atoms with E-state index in [1.807, 2.05) is 0 Å². The van der Waals surface area contributed by atoms with Crippen LogP contribution >= 0.6 is 0 Å². The molecule has 1 heterocycles. The van der Waals surface area contributed by atoms with Gasteiger partial charge in [-0.05, 0) is 30.3 Å². The van der Waals surface area contributed by atoms with Crippen LogP contribution in [0.5, 0.6) is 11.5 Å². The van der Waals surface area contributed by atoms with Crippen molar-refractivity contribution < 1.29 is 13.2 Å². The van der Waals surface area contributed by atoms with E-state index < -0.39 is 9.84 Å². The second kappa shape index (κ2) is 5.38. The first-order chi connectivity index (χ1) is 9.00. The number of pyridine rings is 1. The van der Waals surface area contributed by atoms with Gasteiger partial charge in [0.25, 0.3) is 0 Å². The number of ether oxygens (including phenoxy) is 1. The minimum absolute atomic E-state index is 0.258. The molecule has 100 valence electrons. The zero-order chi connectivity index (χ0) is 13.9. The number of nitrogens with zero attached hydrogens (tertiary/aromatic N) is 1. The number of rotatable bonds is 4. The van der Waals surface area contributed by atoms with Crippen LogP contribution in [0.3, 0.4) is 0 Å². The SMILES string of the molecule is CS(=O)(=O)c1ccc(Oc2ccncc2CN)cc1. The molecule has 0 aliphatic heterocycles. The van der Waals surface area contributed by atoms with Crippen LogP contribution in [0.1, 0.15) is 5.56 Å². The van der Waals surface area contributed by atoms with Crippen LogP contribution < -0.4 is 10.5 Å². The summed E-state index contributed by atoms with van der Waals surface area (Å²) in [6.07, 6.45) is 4.41. The lowest BCUT2D eigenvalue weighted by atomic mass is 10.2. The summed E-state index contributed by atoms with van der Waals surface area (Å²) in [5.74, 6) is 1.16. The summed E-state index contributed by atoms with van der Waals surface area (Å²) < 4.78 is 28.3. The lowest BCUT2D eigenvalue weighted by molar-refractivity contribution is 0.475. The van der Waals surface area contributed by atoms with Crippen molar-refractivity contribution in [3.63, 3.8) is 0 Å². The molecule has 0 atom stereocenters. The Morgan fingerprint density at radius 2 is 1.89 bits per heavy atom. The molecule has 0 aliphatic rings. The Kier molecular flexibility index (Phi) is 3.82. The second-order valence-corrected chi connectivity index (χ2v) is 6.05. The van der Waals surface area contributed by atoms with Crippen molar-refractivity contribution in [2.75, 3.05) is 6.26 Å². The maximum atomic E-state index is 11.3. The smallest absolute Gasteiger partial charge is 0.175 e. The molecular weight excluding hydrogens is 264 g/mol. The van der Waals surface area contributed by atoms with Gasteiger partial charge in [-0.2, -0.15) is 0 Å². The van der Waals surface area contributed by atoms with Crippen LogP contribution in [0.4, 0.5) is 0 Å². The molecule has 0 saturated heterocycles. The number of benzene rings is 1. The van der Waals surface area contributed by atoms with E-state index in [0.29, 0.717) is 18.0 Å². The zero-order valence-corrected chi connectivity index (χ0v) is 11.2. The highest BCUT2D eigenvalue weighted by Crippen LogP contribution is 2.25. The number of aromatic nitrogens is 1. The molecule has 1 aromatic heterocycles. The normalized spacial score (nSPS) is 11.3. The number of hydrogen-bond acceptors (Lipinski definition) is 5. The van der Waals surface area contributed by atoms with E-state index in [4.69, 9.17) is 10.5 Å². The van der Waals surface area contributed by atoms with Crippen molar-refractivity contribution in [2.45, 2.75) is 11.4 Å². The lowest BCUT2D eigenvalue weighted by Crippen LogP contribution is -2.00. The van der Waals surface area contributed by atoms with Gasteiger partial charge in [0.2, 0.25) is 0 Å². The largest absolute Gasteiger partial charge is 0.457 e. The third-order valence-corrected chi connectivity index (χ3v) is 3.69. The van der Waals surface area contributed by atoms with Crippen molar-refractivity contribution in [1.29, 1.82) is 0 Å². The standard InChI is InChI=1S/C13H14N2O3S/c1-19(16,17)12-4-2-11(3-5-12)18-13-6-7-15-9-10(13)8-14/h2-7,9H,8,14H2,1H3. The molecule has 1 aromatic carbocycles. The maximum absolute atomic E-state index is 11.3. The summed E-state index contributed by atoms with van der Waals surface area (Å²) >= 11 is 0. The monoisotopic (exact) mass is 278 g/mol. The highest BCUT2D eigenvalue weighted by atomic mass is 32.2. The van der Waals surface area contributed by atoms with Crippen LogP contribution in [-0.4, -0.2) is 19.7 Å². The third kappa shape index (κ3) is 3.30. The zero-order valence-electron chi connectivity index (χ0n) is 10.4. The molecule has 0 spiro atoms. The molecule has 0 unspecified atom stereocenters. The molecule has 0 radical (unpaired) electrons. The van der Waals surface area contributed by atoms with Gasteiger partial charge in [-0.25, -0.2) is 8.42 Å². The van der Waals surface area contributed by atoms with E-state index >= 15 is 0 Å². The quantitative estimate of drug-likeness (QED) is 0.921. The summed E-state index contributed by atoms with van der Waals surface area (Å²) in [5.41, 5.74) is 6.37. The van der Waals surface area contributed by atoms with Crippen molar-refractivity contribution in [3.05, 3.63) is 48.3 Å². The fourth-order valence-electron chi connectivity index (χ4n) is 1.55. The van der Waals surface area contributed by atoms with Crippen LogP contribution in [-0.2, 0) is 16.4 Å². The molecule has 0 fully saturated rings. The Bertz CT molecular complexity index is 667. The van der Waals surface area contributed by atoms with E-state index in [-0.39, 0.29) is 4.90 Å². The average molecular weight is 278 g/mol. The van der Waals surface area contributed by atoms with Gasteiger partial charge in [-0.1, -0.05) is 0 Å². The fraction of sp³-hybridized carbons (Fsp3) is 0.154. The van der Waals surface area contributed by atoms with Gasteiger partial charge in [0.1, 0.15) is 11.5 Å². The van der Waals surface area contributed by atoms with Crippen molar-refractivity contribution in [1.82, 2.24) is 4.98 Å². The summed E-state index contributed by atoms with van der Waals surface area (Å²) in [7, 11) is -3.19. The Hall–Kier alpha value is -1.92. The van der Waals surface area contributed by atoms with E-state index in [9.17, 15) is 8.42 Å². The molecule has 5 nitrogen and oxygen atoms in total. The predicted octanol–water partition coefficient (Wildman–Crippen LogP) is 1.74. The van der Waals surface area contributed by atoms with E-state index in [1.54, 1.807) is 30.6 Å². The van der Waals surface area contributed by atoms with E-state index in [1.165, 1.54) is 12.1 Å². The summed E-state index contributed by atoms with van der Waals surface area (Å²) in [6.45, 7) is 0.324. The maximum Gasteiger partial charge on any atom is 0.175 e. The Morgan fingerprint density at radius 3 is 2.47 bits per heavy atom. The topological polar surface area (TPSA) is 82.3 Å². The van der Waals surface area contributed by atoms with Gasteiger partial charge in [-0.3, -0.25) is 4.98 Å². The summed E-state index contributed by atoms with van der Waals surface area (Å²) in [4.78, 5) is 4.22.